The van der Waals surface area contributed by atoms with E-state index in [1.807, 2.05) is 6.92 Å². The SMILES string of the molecule is CC[C@H](Oc1ccccc1Cl)C(=O)Nc1ccccc1C(=O)NCCCOC. The highest BCUT2D eigenvalue weighted by Crippen LogP contribution is 2.25. The van der Waals surface area contributed by atoms with Gasteiger partial charge in [-0.3, -0.25) is 9.59 Å². The Labute approximate surface area is 170 Å². The van der Waals surface area contributed by atoms with Crippen LogP contribution in [-0.2, 0) is 9.53 Å². The van der Waals surface area contributed by atoms with E-state index in [9.17, 15) is 9.59 Å². The van der Waals surface area contributed by atoms with Gasteiger partial charge in [-0.2, -0.15) is 0 Å². The number of benzene rings is 2. The summed E-state index contributed by atoms with van der Waals surface area (Å²) in [5.41, 5.74) is 0.818. The van der Waals surface area contributed by atoms with E-state index in [4.69, 9.17) is 21.1 Å². The van der Waals surface area contributed by atoms with Crippen molar-refractivity contribution in [3.63, 3.8) is 0 Å². The minimum absolute atomic E-state index is 0.257. The van der Waals surface area contributed by atoms with Crippen LogP contribution in [0.4, 0.5) is 5.69 Å². The number of halogens is 1. The van der Waals surface area contributed by atoms with E-state index < -0.39 is 6.10 Å². The van der Waals surface area contributed by atoms with Crippen LogP contribution in [0.1, 0.15) is 30.1 Å². The minimum Gasteiger partial charge on any atom is -0.479 e. The fourth-order valence-electron chi connectivity index (χ4n) is 2.53. The third kappa shape index (κ3) is 6.25. The molecule has 0 aliphatic rings. The van der Waals surface area contributed by atoms with Crippen LogP contribution in [0.5, 0.6) is 5.75 Å². The molecule has 2 rings (SSSR count). The van der Waals surface area contributed by atoms with Crippen molar-refractivity contribution < 1.29 is 19.1 Å². The molecule has 2 aromatic rings. The molecule has 0 saturated carbocycles. The molecule has 0 aromatic heterocycles. The second-order valence-electron chi connectivity index (χ2n) is 6.08. The van der Waals surface area contributed by atoms with E-state index >= 15 is 0 Å². The van der Waals surface area contributed by atoms with Crippen molar-refractivity contribution in [1.82, 2.24) is 5.32 Å². The van der Waals surface area contributed by atoms with Gasteiger partial charge in [0.15, 0.2) is 6.10 Å². The molecule has 6 nitrogen and oxygen atoms in total. The summed E-state index contributed by atoms with van der Waals surface area (Å²) in [5.74, 6) is -0.163. The maximum atomic E-state index is 12.7. The van der Waals surface area contributed by atoms with Crippen molar-refractivity contribution >= 4 is 29.1 Å². The summed E-state index contributed by atoms with van der Waals surface area (Å²) >= 11 is 6.11. The Hall–Kier alpha value is -2.57. The van der Waals surface area contributed by atoms with Gasteiger partial charge in [-0.1, -0.05) is 42.8 Å². The van der Waals surface area contributed by atoms with E-state index in [0.29, 0.717) is 48.0 Å². The van der Waals surface area contributed by atoms with Crippen molar-refractivity contribution in [3.05, 3.63) is 59.1 Å². The van der Waals surface area contributed by atoms with Gasteiger partial charge in [-0.15, -0.1) is 0 Å². The fraction of sp³-hybridized carbons (Fsp3) is 0.333. The van der Waals surface area contributed by atoms with Crippen molar-refractivity contribution in [2.45, 2.75) is 25.9 Å². The summed E-state index contributed by atoms with van der Waals surface area (Å²) in [6.07, 6.45) is 0.417. The Morgan fingerprint density at radius 1 is 1.11 bits per heavy atom. The highest BCUT2D eigenvalue weighted by molar-refractivity contribution is 6.32. The molecule has 2 aromatic carbocycles. The first-order valence-electron chi connectivity index (χ1n) is 9.15. The zero-order valence-corrected chi connectivity index (χ0v) is 16.8. The molecule has 0 heterocycles. The summed E-state index contributed by atoms with van der Waals surface area (Å²) in [6, 6.07) is 13.8. The molecular weight excluding hydrogens is 380 g/mol. The largest absolute Gasteiger partial charge is 0.479 e. The Morgan fingerprint density at radius 2 is 1.82 bits per heavy atom. The van der Waals surface area contributed by atoms with Gasteiger partial charge >= 0.3 is 0 Å². The van der Waals surface area contributed by atoms with Crippen molar-refractivity contribution in [2.24, 2.45) is 0 Å². The molecule has 7 heteroatoms. The standard InChI is InChI=1S/C21H25ClN2O4/c1-3-18(28-19-12-7-5-10-16(19)22)21(26)24-17-11-6-4-9-15(17)20(25)23-13-8-14-27-2/h4-7,9-12,18H,3,8,13-14H2,1-2H3,(H,23,25)(H,24,26)/t18-/m0/s1. The van der Waals surface area contributed by atoms with Gasteiger partial charge in [0.05, 0.1) is 16.3 Å². The number of carbonyl (C=O) groups excluding carboxylic acids is 2. The number of amides is 2. The Balaban J connectivity index is 2.06. The molecule has 0 bridgehead atoms. The van der Waals surface area contributed by atoms with Gasteiger partial charge in [-0.25, -0.2) is 0 Å². The smallest absolute Gasteiger partial charge is 0.265 e. The molecule has 0 aliphatic carbocycles. The van der Waals surface area contributed by atoms with E-state index in [0.717, 1.165) is 0 Å². The molecule has 0 aliphatic heterocycles. The van der Waals surface area contributed by atoms with Crippen LogP contribution in [-0.4, -0.2) is 38.2 Å². The first-order chi connectivity index (χ1) is 13.6. The molecule has 150 valence electrons. The highest BCUT2D eigenvalue weighted by Gasteiger charge is 2.21. The summed E-state index contributed by atoms with van der Waals surface area (Å²) in [5, 5.41) is 6.04. The van der Waals surface area contributed by atoms with Crippen LogP contribution >= 0.6 is 11.6 Å². The highest BCUT2D eigenvalue weighted by atomic mass is 35.5. The monoisotopic (exact) mass is 404 g/mol. The van der Waals surface area contributed by atoms with Gasteiger partial charge in [0.25, 0.3) is 11.8 Å². The molecular formula is C21H25ClN2O4. The second-order valence-corrected chi connectivity index (χ2v) is 6.49. The number of methoxy groups -OCH3 is 1. The predicted molar refractivity (Wildman–Crippen MR) is 110 cm³/mol. The quantitative estimate of drug-likeness (QED) is 0.589. The number of hydrogen-bond acceptors (Lipinski definition) is 4. The lowest BCUT2D eigenvalue weighted by atomic mass is 10.1. The summed E-state index contributed by atoms with van der Waals surface area (Å²) in [6.45, 7) is 2.90. The van der Waals surface area contributed by atoms with Crippen molar-refractivity contribution in [1.29, 1.82) is 0 Å². The van der Waals surface area contributed by atoms with Crippen LogP contribution in [0.15, 0.2) is 48.5 Å². The Kier molecular flexibility index (Phi) is 8.78. The van der Waals surface area contributed by atoms with Gasteiger partial charge in [0.2, 0.25) is 0 Å². The number of nitrogens with one attached hydrogen (secondary N) is 2. The maximum absolute atomic E-state index is 12.7. The minimum atomic E-state index is -0.738. The van der Waals surface area contributed by atoms with Gasteiger partial charge in [-0.05, 0) is 37.1 Å². The summed E-state index contributed by atoms with van der Waals surface area (Å²) in [4.78, 5) is 25.1. The predicted octanol–water partition coefficient (Wildman–Crippen LogP) is 3.90. The van der Waals surface area contributed by atoms with E-state index in [1.165, 1.54) is 0 Å². The summed E-state index contributed by atoms with van der Waals surface area (Å²) < 4.78 is 10.7. The third-order valence-electron chi connectivity index (χ3n) is 4.01. The molecule has 28 heavy (non-hydrogen) atoms. The lowest BCUT2D eigenvalue weighted by Gasteiger charge is -2.19. The van der Waals surface area contributed by atoms with Crippen LogP contribution in [0.2, 0.25) is 5.02 Å². The van der Waals surface area contributed by atoms with E-state index in [-0.39, 0.29) is 11.8 Å². The first kappa shape index (κ1) is 21.7. The van der Waals surface area contributed by atoms with Gasteiger partial charge in [0.1, 0.15) is 5.75 Å². The molecule has 0 unspecified atom stereocenters. The lowest BCUT2D eigenvalue weighted by Crippen LogP contribution is -2.33. The number of anilines is 1. The van der Waals surface area contributed by atoms with E-state index in [1.54, 1.807) is 55.6 Å². The molecule has 1 atom stereocenters. The molecule has 2 amide bonds. The number of carbonyl (C=O) groups is 2. The maximum Gasteiger partial charge on any atom is 0.265 e. The average molecular weight is 405 g/mol. The summed E-state index contributed by atoms with van der Waals surface area (Å²) in [7, 11) is 1.61. The van der Waals surface area contributed by atoms with Crippen LogP contribution in [0, 0.1) is 0 Å². The van der Waals surface area contributed by atoms with E-state index in [2.05, 4.69) is 10.6 Å². The normalized spacial score (nSPS) is 11.5. The second kappa shape index (κ2) is 11.3. The number of rotatable bonds is 10. The van der Waals surface area contributed by atoms with Crippen LogP contribution < -0.4 is 15.4 Å². The van der Waals surface area contributed by atoms with Crippen molar-refractivity contribution in [2.75, 3.05) is 25.6 Å². The van der Waals surface area contributed by atoms with Crippen LogP contribution in [0.25, 0.3) is 0 Å². The molecule has 0 spiro atoms. The lowest BCUT2D eigenvalue weighted by molar-refractivity contribution is -0.122. The molecule has 0 fully saturated rings. The fourth-order valence-corrected chi connectivity index (χ4v) is 2.71. The topological polar surface area (TPSA) is 76.7 Å². The number of ether oxygens (including phenoxy) is 2. The molecule has 0 saturated heterocycles. The van der Waals surface area contributed by atoms with Crippen molar-refractivity contribution in [3.8, 4) is 5.75 Å². The third-order valence-corrected chi connectivity index (χ3v) is 4.32. The molecule has 2 N–H and O–H groups in total. The number of para-hydroxylation sites is 2. The zero-order valence-electron chi connectivity index (χ0n) is 16.0. The first-order valence-corrected chi connectivity index (χ1v) is 9.52. The van der Waals surface area contributed by atoms with Gasteiger partial charge < -0.3 is 20.1 Å². The molecule has 0 radical (unpaired) electrons. The Bertz CT molecular complexity index is 797. The Morgan fingerprint density at radius 3 is 2.54 bits per heavy atom. The number of hydrogen-bond donors (Lipinski definition) is 2. The zero-order chi connectivity index (χ0) is 20.4. The average Bonchev–Trinajstić information content (AvgIpc) is 2.70. The van der Waals surface area contributed by atoms with Crippen LogP contribution in [0.3, 0.4) is 0 Å². The van der Waals surface area contributed by atoms with Gasteiger partial charge in [0, 0.05) is 20.3 Å².